The van der Waals surface area contributed by atoms with Crippen molar-refractivity contribution >= 4 is 22.5 Å². The molecule has 1 aliphatic heterocycles. The van der Waals surface area contributed by atoms with E-state index >= 15 is 0 Å². The second-order valence-electron chi connectivity index (χ2n) is 7.63. The van der Waals surface area contributed by atoms with Crippen molar-refractivity contribution in [3.05, 3.63) is 90.2 Å². The number of carbonyl (C=O) groups excluding carboxylic acids is 1. The first-order chi connectivity index (χ1) is 15.2. The summed E-state index contributed by atoms with van der Waals surface area (Å²) in [5, 5.41) is 11.2. The van der Waals surface area contributed by atoms with Gasteiger partial charge in [0.1, 0.15) is 5.82 Å². The lowest BCUT2D eigenvalue weighted by Gasteiger charge is -2.35. The highest BCUT2D eigenvalue weighted by molar-refractivity contribution is 5.94. The third-order valence-electron chi connectivity index (χ3n) is 5.66. The molecular weight excluding hydrogens is 391 g/mol. The van der Waals surface area contributed by atoms with Gasteiger partial charge in [0.05, 0.1) is 5.69 Å². The lowest BCUT2D eigenvalue weighted by Crippen LogP contribution is -2.49. The van der Waals surface area contributed by atoms with E-state index in [0.29, 0.717) is 31.7 Å². The van der Waals surface area contributed by atoms with Crippen molar-refractivity contribution < 1.29 is 9.18 Å². The maximum Gasteiger partial charge on any atom is 0.254 e. The summed E-state index contributed by atoms with van der Waals surface area (Å²) in [5.41, 5.74) is 2.24. The first-order valence-electron chi connectivity index (χ1n) is 10.3. The summed E-state index contributed by atoms with van der Waals surface area (Å²) in [4.78, 5) is 16.5. The van der Waals surface area contributed by atoms with Gasteiger partial charge in [-0.25, -0.2) is 4.39 Å². The second kappa shape index (κ2) is 8.14. The molecule has 154 valence electrons. The largest absolute Gasteiger partial charge is 0.352 e. The molecule has 31 heavy (non-hydrogen) atoms. The van der Waals surface area contributed by atoms with Crippen molar-refractivity contribution in [3.8, 4) is 11.3 Å². The Hall–Kier alpha value is -3.80. The van der Waals surface area contributed by atoms with Crippen molar-refractivity contribution in [2.45, 2.75) is 0 Å². The van der Waals surface area contributed by atoms with Gasteiger partial charge in [0, 0.05) is 37.3 Å². The van der Waals surface area contributed by atoms with Crippen LogP contribution in [0.1, 0.15) is 10.4 Å². The van der Waals surface area contributed by atoms with E-state index in [1.165, 1.54) is 22.9 Å². The zero-order chi connectivity index (χ0) is 21.2. The van der Waals surface area contributed by atoms with Crippen LogP contribution >= 0.6 is 0 Å². The lowest BCUT2D eigenvalue weighted by atomic mass is 10.1. The minimum absolute atomic E-state index is 0.142. The SMILES string of the molecule is O=C(c1cccc(F)c1)N1CCN(c2ccc(-c3ccc4ccccc4c3)nn2)CC1. The van der Waals surface area contributed by atoms with Crippen LogP contribution in [-0.2, 0) is 0 Å². The maximum absolute atomic E-state index is 13.4. The molecule has 0 aliphatic carbocycles. The Kier molecular flexibility index (Phi) is 5.04. The van der Waals surface area contributed by atoms with Crippen LogP contribution in [0.5, 0.6) is 0 Å². The number of halogens is 1. The molecule has 0 atom stereocenters. The average Bonchev–Trinajstić information content (AvgIpc) is 2.83. The fourth-order valence-corrected chi connectivity index (χ4v) is 3.94. The monoisotopic (exact) mass is 412 g/mol. The first-order valence-corrected chi connectivity index (χ1v) is 10.3. The lowest BCUT2D eigenvalue weighted by molar-refractivity contribution is 0.0746. The van der Waals surface area contributed by atoms with Crippen molar-refractivity contribution in [2.24, 2.45) is 0 Å². The van der Waals surface area contributed by atoms with E-state index in [4.69, 9.17) is 0 Å². The highest BCUT2D eigenvalue weighted by Crippen LogP contribution is 2.24. The number of benzene rings is 3. The van der Waals surface area contributed by atoms with E-state index in [1.807, 2.05) is 24.3 Å². The molecule has 1 aromatic heterocycles. The Morgan fingerprint density at radius 3 is 2.32 bits per heavy atom. The normalized spacial score (nSPS) is 14.1. The molecule has 2 heterocycles. The second-order valence-corrected chi connectivity index (χ2v) is 7.63. The number of rotatable bonds is 3. The van der Waals surface area contributed by atoms with Gasteiger partial charge >= 0.3 is 0 Å². The average molecular weight is 412 g/mol. The van der Waals surface area contributed by atoms with Gasteiger partial charge < -0.3 is 9.80 Å². The van der Waals surface area contributed by atoms with Crippen molar-refractivity contribution in [3.63, 3.8) is 0 Å². The summed E-state index contributed by atoms with van der Waals surface area (Å²) in [7, 11) is 0. The van der Waals surface area contributed by atoms with Crippen LogP contribution < -0.4 is 4.90 Å². The molecule has 3 aromatic carbocycles. The van der Waals surface area contributed by atoms with Crippen LogP contribution in [0, 0.1) is 5.82 Å². The van der Waals surface area contributed by atoms with E-state index in [9.17, 15) is 9.18 Å². The molecule has 1 fully saturated rings. The number of fused-ring (bicyclic) bond motifs is 1. The molecule has 1 saturated heterocycles. The molecule has 0 unspecified atom stereocenters. The van der Waals surface area contributed by atoms with E-state index in [-0.39, 0.29) is 5.91 Å². The Morgan fingerprint density at radius 2 is 1.58 bits per heavy atom. The third-order valence-corrected chi connectivity index (χ3v) is 5.66. The van der Waals surface area contributed by atoms with E-state index < -0.39 is 5.82 Å². The fourth-order valence-electron chi connectivity index (χ4n) is 3.94. The summed E-state index contributed by atoms with van der Waals surface area (Å²) in [6, 6.07) is 24.3. The van der Waals surface area contributed by atoms with Gasteiger partial charge in [-0.1, -0.05) is 42.5 Å². The molecule has 0 radical (unpaired) electrons. The van der Waals surface area contributed by atoms with Crippen LogP contribution in [0.25, 0.3) is 22.0 Å². The Bertz CT molecular complexity index is 1230. The molecule has 5 rings (SSSR count). The summed E-state index contributed by atoms with van der Waals surface area (Å²) in [6.07, 6.45) is 0. The molecule has 0 saturated carbocycles. The van der Waals surface area contributed by atoms with Crippen LogP contribution in [0.4, 0.5) is 10.2 Å². The van der Waals surface area contributed by atoms with Crippen LogP contribution in [-0.4, -0.2) is 47.2 Å². The van der Waals surface area contributed by atoms with Gasteiger partial charge in [-0.05, 0) is 47.2 Å². The van der Waals surface area contributed by atoms with Crippen LogP contribution in [0.2, 0.25) is 0 Å². The molecule has 5 nitrogen and oxygen atoms in total. The van der Waals surface area contributed by atoms with Crippen LogP contribution in [0.3, 0.4) is 0 Å². The van der Waals surface area contributed by atoms with Gasteiger partial charge in [-0.2, -0.15) is 0 Å². The number of anilines is 1. The van der Waals surface area contributed by atoms with Gasteiger partial charge in [0.2, 0.25) is 0 Å². The van der Waals surface area contributed by atoms with Crippen molar-refractivity contribution in [1.82, 2.24) is 15.1 Å². The zero-order valence-corrected chi connectivity index (χ0v) is 16.9. The highest BCUT2D eigenvalue weighted by atomic mass is 19.1. The molecule has 0 N–H and O–H groups in total. The maximum atomic E-state index is 13.4. The number of aromatic nitrogens is 2. The minimum atomic E-state index is -0.397. The minimum Gasteiger partial charge on any atom is -0.352 e. The van der Waals surface area contributed by atoms with E-state index in [2.05, 4.69) is 45.4 Å². The number of nitrogens with zero attached hydrogens (tertiary/aromatic N) is 4. The predicted octanol–water partition coefficient (Wildman–Crippen LogP) is 4.40. The van der Waals surface area contributed by atoms with Crippen molar-refractivity contribution in [1.29, 1.82) is 0 Å². The topological polar surface area (TPSA) is 49.3 Å². The number of hydrogen-bond donors (Lipinski definition) is 0. The standard InChI is InChI=1S/C25H21FN4O/c26-22-7-3-6-21(17-22)25(31)30-14-12-29(13-15-30)24-11-10-23(27-28-24)20-9-8-18-4-1-2-5-19(18)16-20/h1-11,16-17H,12-15H2. The molecule has 1 aliphatic rings. The predicted molar refractivity (Wildman–Crippen MR) is 119 cm³/mol. The van der Waals surface area contributed by atoms with E-state index in [1.54, 1.807) is 17.0 Å². The summed E-state index contributed by atoms with van der Waals surface area (Å²) in [6.45, 7) is 2.43. The molecule has 0 bridgehead atoms. The van der Waals surface area contributed by atoms with Crippen molar-refractivity contribution in [2.75, 3.05) is 31.1 Å². The van der Waals surface area contributed by atoms with Gasteiger partial charge in [0.15, 0.2) is 5.82 Å². The van der Waals surface area contributed by atoms with Crippen LogP contribution in [0.15, 0.2) is 78.9 Å². The number of hydrogen-bond acceptors (Lipinski definition) is 4. The fraction of sp³-hybridized carbons (Fsp3) is 0.160. The zero-order valence-electron chi connectivity index (χ0n) is 16.9. The third kappa shape index (κ3) is 3.97. The first kappa shape index (κ1) is 19.2. The molecule has 1 amide bonds. The highest BCUT2D eigenvalue weighted by Gasteiger charge is 2.23. The summed E-state index contributed by atoms with van der Waals surface area (Å²) in [5.74, 6) is 0.255. The summed E-state index contributed by atoms with van der Waals surface area (Å²) < 4.78 is 13.4. The van der Waals surface area contributed by atoms with Gasteiger partial charge in [-0.3, -0.25) is 4.79 Å². The number of carbonyl (C=O) groups is 1. The number of amides is 1. The Morgan fingerprint density at radius 1 is 0.774 bits per heavy atom. The molecule has 6 heteroatoms. The quantitative estimate of drug-likeness (QED) is 0.501. The Balaban J connectivity index is 1.26. The van der Waals surface area contributed by atoms with Gasteiger partial charge in [-0.15, -0.1) is 10.2 Å². The number of piperazine rings is 1. The van der Waals surface area contributed by atoms with E-state index in [0.717, 1.165) is 17.1 Å². The van der Waals surface area contributed by atoms with Gasteiger partial charge in [0.25, 0.3) is 5.91 Å². The molecular formula is C25H21FN4O. The smallest absolute Gasteiger partial charge is 0.254 e. The molecule has 0 spiro atoms. The molecule has 4 aromatic rings. The Labute approximate surface area is 179 Å². The summed E-state index contributed by atoms with van der Waals surface area (Å²) >= 11 is 0.